The lowest BCUT2D eigenvalue weighted by Crippen LogP contribution is -2.27. The summed E-state index contributed by atoms with van der Waals surface area (Å²) in [7, 11) is 1.47. The molecule has 8 heteroatoms. The van der Waals surface area contributed by atoms with Crippen LogP contribution in [0.25, 0.3) is 6.08 Å². The molecular formula is C26H20INO5S. The molecule has 0 aromatic heterocycles. The summed E-state index contributed by atoms with van der Waals surface area (Å²) in [6, 6.07) is 19.7. The molecule has 0 radical (unpaired) electrons. The summed E-state index contributed by atoms with van der Waals surface area (Å²) in [5.74, 6) is -0.241. The van der Waals surface area contributed by atoms with Crippen LogP contribution in [-0.4, -0.2) is 29.1 Å². The molecule has 1 fully saturated rings. The van der Waals surface area contributed by atoms with E-state index in [4.69, 9.17) is 9.47 Å². The second kappa shape index (κ2) is 10.4. The lowest BCUT2D eigenvalue weighted by Gasteiger charge is -2.12. The van der Waals surface area contributed by atoms with E-state index in [2.05, 4.69) is 22.6 Å². The standard InChI is InChI=1S/C26H20INO5S/c1-16-3-8-19(9-4-16)25(30)33-21-12-7-18(13-22(21)32-2)14-23-24(29)28(26(31)34-23)15-17-5-10-20(27)11-6-17/h3-14H,15H2,1-2H3/b23-14-. The molecule has 6 nitrogen and oxygen atoms in total. The Morgan fingerprint density at radius 2 is 1.71 bits per heavy atom. The molecule has 0 N–H and O–H groups in total. The molecule has 0 atom stereocenters. The van der Waals surface area contributed by atoms with Gasteiger partial charge in [-0.25, -0.2) is 4.79 Å². The number of methoxy groups -OCH3 is 1. The van der Waals surface area contributed by atoms with Crippen LogP contribution in [0.1, 0.15) is 27.0 Å². The number of carbonyl (C=O) groups excluding carboxylic acids is 3. The predicted molar refractivity (Wildman–Crippen MR) is 140 cm³/mol. The number of imide groups is 1. The molecule has 2 amide bonds. The van der Waals surface area contributed by atoms with Crippen LogP contribution in [0.2, 0.25) is 0 Å². The number of rotatable bonds is 6. The summed E-state index contributed by atoms with van der Waals surface area (Å²) in [5, 5.41) is -0.314. The maximum atomic E-state index is 12.9. The van der Waals surface area contributed by atoms with Gasteiger partial charge in [-0.05, 0) is 94.9 Å². The van der Waals surface area contributed by atoms with Crippen LogP contribution in [0.15, 0.2) is 71.6 Å². The lowest BCUT2D eigenvalue weighted by molar-refractivity contribution is -0.123. The van der Waals surface area contributed by atoms with Crippen LogP contribution in [0.5, 0.6) is 11.5 Å². The van der Waals surface area contributed by atoms with Crippen molar-refractivity contribution in [1.82, 2.24) is 4.90 Å². The zero-order chi connectivity index (χ0) is 24.2. The highest BCUT2D eigenvalue weighted by Gasteiger charge is 2.35. The fourth-order valence-corrected chi connectivity index (χ4v) is 4.46. The average molecular weight is 585 g/mol. The Labute approximate surface area is 215 Å². The molecule has 34 heavy (non-hydrogen) atoms. The van der Waals surface area contributed by atoms with Crippen molar-refractivity contribution in [3.05, 3.63) is 97.5 Å². The van der Waals surface area contributed by atoms with Gasteiger partial charge >= 0.3 is 5.97 Å². The summed E-state index contributed by atoms with van der Waals surface area (Å²) in [6.45, 7) is 2.16. The molecule has 172 valence electrons. The first-order chi connectivity index (χ1) is 16.3. The van der Waals surface area contributed by atoms with E-state index in [1.165, 1.54) is 12.0 Å². The molecule has 1 heterocycles. The van der Waals surface area contributed by atoms with Gasteiger partial charge in [0.2, 0.25) is 0 Å². The van der Waals surface area contributed by atoms with Gasteiger partial charge in [0.25, 0.3) is 11.1 Å². The van der Waals surface area contributed by atoms with Crippen LogP contribution in [0, 0.1) is 10.5 Å². The van der Waals surface area contributed by atoms with Crippen molar-refractivity contribution in [3.63, 3.8) is 0 Å². The minimum absolute atomic E-state index is 0.218. The fraction of sp³-hybridized carbons (Fsp3) is 0.115. The number of hydrogen-bond acceptors (Lipinski definition) is 6. The Morgan fingerprint density at radius 3 is 2.38 bits per heavy atom. The normalized spacial score (nSPS) is 14.6. The van der Waals surface area contributed by atoms with Gasteiger partial charge in [0.05, 0.1) is 24.1 Å². The molecule has 0 aliphatic carbocycles. The van der Waals surface area contributed by atoms with E-state index in [-0.39, 0.29) is 23.4 Å². The highest BCUT2D eigenvalue weighted by atomic mass is 127. The van der Waals surface area contributed by atoms with Crippen LogP contribution < -0.4 is 9.47 Å². The van der Waals surface area contributed by atoms with Gasteiger partial charge < -0.3 is 9.47 Å². The van der Waals surface area contributed by atoms with E-state index >= 15 is 0 Å². The van der Waals surface area contributed by atoms with Gasteiger partial charge in [0, 0.05) is 3.57 Å². The van der Waals surface area contributed by atoms with Crippen LogP contribution in [0.3, 0.4) is 0 Å². The first-order valence-corrected chi connectivity index (χ1v) is 12.2. The highest BCUT2D eigenvalue weighted by Crippen LogP contribution is 2.35. The number of nitrogens with zero attached hydrogens (tertiary/aromatic N) is 1. The first-order valence-electron chi connectivity index (χ1n) is 10.3. The molecule has 4 rings (SSSR count). The first kappa shape index (κ1) is 24.0. The van der Waals surface area contributed by atoms with Gasteiger partial charge in [-0.15, -0.1) is 0 Å². The Bertz CT molecular complexity index is 1290. The average Bonchev–Trinajstić information content (AvgIpc) is 3.09. The number of halogens is 1. The molecule has 0 bridgehead atoms. The second-order valence-electron chi connectivity index (χ2n) is 7.56. The zero-order valence-electron chi connectivity index (χ0n) is 18.4. The molecule has 0 unspecified atom stereocenters. The highest BCUT2D eigenvalue weighted by molar-refractivity contribution is 14.1. The molecule has 0 saturated carbocycles. The predicted octanol–water partition coefficient (Wildman–Crippen LogP) is 6.06. The molecule has 0 spiro atoms. The van der Waals surface area contributed by atoms with Gasteiger partial charge in [-0.3, -0.25) is 14.5 Å². The van der Waals surface area contributed by atoms with Crippen molar-refractivity contribution >= 4 is 57.5 Å². The van der Waals surface area contributed by atoms with Crippen molar-refractivity contribution in [1.29, 1.82) is 0 Å². The van der Waals surface area contributed by atoms with Gasteiger partial charge in [0.15, 0.2) is 11.5 Å². The van der Waals surface area contributed by atoms with Crippen LogP contribution >= 0.6 is 34.4 Å². The fourth-order valence-electron chi connectivity index (χ4n) is 3.27. The lowest BCUT2D eigenvalue weighted by atomic mass is 10.1. The second-order valence-corrected chi connectivity index (χ2v) is 9.80. The number of ether oxygens (including phenoxy) is 2. The largest absolute Gasteiger partial charge is 0.493 e. The SMILES string of the molecule is COc1cc(/C=C2\SC(=O)N(Cc3ccc(I)cc3)C2=O)ccc1OC(=O)c1ccc(C)cc1. The molecule has 1 saturated heterocycles. The Kier molecular flexibility index (Phi) is 7.38. The van der Waals surface area contributed by atoms with E-state index in [1.807, 2.05) is 43.3 Å². The van der Waals surface area contributed by atoms with Crippen LogP contribution in [0.4, 0.5) is 4.79 Å². The third kappa shape index (κ3) is 5.51. The van der Waals surface area contributed by atoms with Gasteiger partial charge in [-0.2, -0.15) is 0 Å². The van der Waals surface area contributed by atoms with Crippen LogP contribution in [-0.2, 0) is 11.3 Å². The summed E-state index contributed by atoms with van der Waals surface area (Å²) in [4.78, 5) is 39.3. The van der Waals surface area contributed by atoms with E-state index < -0.39 is 5.97 Å². The Morgan fingerprint density at radius 1 is 1.00 bits per heavy atom. The monoisotopic (exact) mass is 585 g/mol. The summed E-state index contributed by atoms with van der Waals surface area (Å²) >= 11 is 3.10. The van der Waals surface area contributed by atoms with Crippen molar-refractivity contribution in [3.8, 4) is 11.5 Å². The molecular weight excluding hydrogens is 565 g/mol. The maximum absolute atomic E-state index is 12.9. The smallest absolute Gasteiger partial charge is 0.343 e. The number of amides is 2. The van der Waals surface area contributed by atoms with E-state index in [9.17, 15) is 14.4 Å². The number of aryl methyl sites for hydroxylation is 1. The summed E-state index contributed by atoms with van der Waals surface area (Å²) < 4.78 is 12.0. The summed E-state index contributed by atoms with van der Waals surface area (Å²) in [6.07, 6.45) is 1.63. The van der Waals surface area contributed by atoms with E-state index in [1.54, 1.807) is 36.4 Å². The van der Waals surface area contributed by atoms with E-state index in [0.717, 1.165) is 26.5 Å². The van der Waals surface area contributed by atoms with Gasteiger partial charge in [0.1, 0.15) is 0 Å². The maximum Gasteiger partial charge on any atom is 0.343 e. The summed E-state index contributed by atoms with van der Waals surface area (Å²) in [5.41, 5.74) is 3.00. The van der Waals surface area contributed by atoms with E-state index in [0.29, 0.717) is 21.8 Å². The number of thioether (sulfide) groups is 1. The van der Waals surface area contributed by atoms with Crippen molar-refractivity contribution in [2.45, 2.75) is 13.5 Å². The topological polar surface area (TPSA) is 72.9 Å². The van der Waals surface area contributed by atoms with Crippen molar-refractivity contribution in [2.24, 2.45) is 0 Å². The Hall–Kier alpha value is -3.11. The van der Waals surface area contributed by atoms with Gasteiger partial charge in [-0.1, -0.05) is 35.9 Å². The molecule has 3 aromatic rings. The molecule has 1 aliphatic rings. The number of benzene rings is 3. The number of esters is 1. The minimum Gasteiger partial charge on any atom is -0.493 e. The Balaban J connectivity index is 1.50. The number of carbonyl (C=O) groups is 3. The molecule has 1 aliphatic heterocycles. The quantitative estimate of drug-likeness (QED) is 0.152. The third-order valence-electron chi connectivity index (χ3n) is 5.10. The zero-order valence-corrected chi connectivity index (χ0v) is 21.4. The minimum atomic E-state index is -0.497. The number of hydrogen-bond donors (Lipinski definition) is 0. The molecule has 3 aromatic carbocycles. The van der Waals surface area contributed by atoms with Crippen molar-refractivity contribution < 1.29 is 23.9 Å². The third-order valence-corrected chi connectivity index (χ3v) is 6.73. The van der Waals surface area contributed by atoms with Crippen molar-refractivity contribution in [2.75, 3.05) is 7.11 Å².